The molecule has 0 aromatic rings. The van der Waals surface area contributed by atoms with Crippen LogP contribution in [0.25, 0.3) is 0 Å². The molecule has 1 aliphatic carbocycles. The first-order valence-electron chi connectivity index (χ1n) is 3.60. The van der Waals surface area contributed by atoms with Gasteiger partial charge in [0.1, 0.15) is 20.5 Å². The Hall–Kier alpha value is -1.46. The highest BCUT2D eigenvalue weighted by Crippen LogP contribution is 2.11. The summed E-state index contributed by atoms with van der Waals surface area (Å²) in [4.78, 5) is 44.8. The third kappa shape index (κ3) is 1.17. The number of hydrogen-bond donors (Lipinski definition) is 0. The molecule has 7 heteroatoms. The first kappa shape index (κ1) is 10.1. The summed E-state index contributed by atoms with van der Waals surface area (Å²) in [5.74, 6) is 0. The molecule has 0 unspecified atom stereocenters. The lowest BCUT2D eigenvalue weighted by Gasteiger charge is -1.88. The van der Waals surface area contributed by atoms with Crippen LogP contribution >= 0.6 is 23.2 Å². The van der Waals surface area contributed by atoms with Crippen LogP contribution in [0.2, 0.25) is 10.0 Å². The van der Waals surface area contributed by atoms with Gasteiger partial charge in [-0.1, -0.05) is 23.2 Å². The molecule has 2 rings (SSSR count). The smallest absolute Gasteiger partial charge is 0.351 e. The third-order valence-corrected chi connectivity index (χ3v) is 2.71. The van der Waals surface area contributed by atoms with Crippen LogP contribution in [0.5, 0.6) is 0 Å². The van der Waals surface area contributed by atoms with E-state index >= 15 is 0 Å². The van der Waals surface area contributed by atoms with Gasteiger partial charge in [-0.3, -0.25) is 9.59 Å². The van der Waals surface area contributed by atoms with E-state index in [2.05, 4.69) is 4.42 Å². The average molecular weight is 247 g/mol. The SMILES string of the molecule is O=c1oc(=O)c2c(=O)c(Cl)c(Cl)c(=O)c1=2. The molecule has 0 amide bonds. The van der Waals surface area contributed by atoms with E-state index in [-0.39, 0.29) is 0 Å². The zero-order chi connectivity index (χ0) is 11.3. The predicted octanol–water partition coefficient (Wildman–Crippen LogP) is -0.372. The Balaban J connectivity index is 3.54. The lowest BCUT2D eigenvalue weighted by atomic mass is 10.2. The molecule has 0 atom stereocenters. The van der Waals surface area contributed by atoms with E-state index in [1.807, 2.05) is 0 Å². The van der Waals surface area contributed by atoms with Crippen molar-refractivity contribution in [2.45, 2.75) is 0 Å². The monoisotopic (exact) mass is 246 g/mol. The molecule has 76 valence electrons. The lowest BCUT2D eigenvalue weighted by Crippen LogP contribution is -2.20. The second kappa shape index (κ2) is 3.01. The van der Waals surface area contributed by atoms with Gasteiger partial charge in [0.05, 0.1) is 0 Å². The lowest BCUT2D eigenvalue weighted by molar-refractivity contribution is 0.488. The number of halogens is 2. The van der Waals surface area contributed by atoms with Crippen molar-refractivity contribution in [3.8, 4) is 0 Å². The van der Waals surface area contributed by atoms with Gasteiger partial charge in [0.15, 0.2) is 0 Å². The van der Waals surface area contributed by atoms with Crippen LogP contribution < -0.4 is 22.1 Å². The standard InChI is InChI=1S/C8Cl2O5/c9-3-4(10)6(12)2-1(5(3)11)7(13)15-8(2)14. The highest BCUT2D eigenvalue weighted by molar-refractivity contribution is 6.41. The van der Waals surface area contributed by atoms with E-state index in [0.717, 1.165) is 0 Å². The molecule has 5 nitrogen and oxygen atoms in total. The summed E-state index contributed by atoms with van der Waals surface area (Å²) < 4.78 is 4.11. The van der Waals surface area contributed by atoms with E-state index in [1.165, 1.54) is 0 Å². The second-order valence-corrected chi connectivity index (χ2v) is 3.47. The number of rotatable bonds is 0. The van der Waals surface area contributed by atoms with Gasteiger partial charge in [-0.25, -0.2) is 9.59 Å². The molecule has 0 N–H and O–H groups in total. The first-order valence-corrected chi connectivity index (χ1v) is 4.36. The van der Waals surface area contributed by atoms with E-state index in [0.29, 0.717) is 0 Å². The van der Waals surface area contributed by atoms with Crippen LogP contribution in [-0.2, 0) is 0 Å². The van der Waals surface area contributed by atoms with Crippen LogP contribution in [0.3, 0.4) is 0 Å². The van der Waals surface area contributed by atoms with Crippen molar-refractivity contribution in [1.82, 2.24) is 0 Å². The fraction of sp³-hybridized carbons (Fsp3) is 0. The molecule has 0 saturated heterocycles. The molecule has 0 saturated carbocycles. The minimum Gasteiger partial charge on any atom is -0.385 e. The highest BCUT2D eigenvalue weighted by Gasteiger charge is 2.18. The molecule has 1 aliphatic heterocycles. The molecule has 0 spiro atoms. The molecule has 2 aliphatic rings. The molecule has 0 radical (unpaired) electrons. The molecule has 0 aromatic carbocycles. The molecule has 0 bridgehead atoms. The summed E-state index contributed by atoms with van der Waals surface area (Å²) in [6, 6.07) is 0. The van der Waals surface area contributed by atoms with Gasteiger partial charge in [-0.15, -0.1) is 0 Å². The molecule has 15 heavy (non-hydrogen) atoms. The van der Waals surface area contributed by atoms with Crippen LogP contribution in [0.15, 0.2) is 23.6 Å². The third-order valence-electron chi connectivity index (χ3n) is 1.89. The average Bonchev–Trinajstić information content (AvgIpc) is 2.47. The summed E-state index contributed by atoms with van der Waals surface area (Å²) in [7, 11) is 0. The Morgan fingerprint density at radius 3 is 1.40 bits per heavy atom. The summed E-state index contributed by atoms with van der Waals surface area (Å²) in [6.07, 6.45) is 0. The maximum atomic E-state index is 11.4. The largest absolute Gasteiger partial charge is 0.385 e. The Bertz CT molecular complexity index is 742. The van der Waals surface area contributed by atoms with E-state index < -0.39 is 42.6 Å². The Morgan fingerprint density at radius 1 is 0.733 bits per heavy atom. The summed E-state index contributed by atoms with van der Waals surface area (Å²) in [6.45, 7) is 0. The molecular formula is C8Cl2O5. The van der Waals surface area contributed by atoms with Gasteiger partial charge in [0, 0.05) is 0 Å². The van der Waals surface area contributed by atoms with Crippen LogP contribution in [0, 0.1) is 10.4 Å². The van der Waals surface area contributed by atoms with Gasteiger partial charge in [0.2, 0.25) is 10.9 Å². The van der Waals surface area contributed by atoms with Crippen LogP contribution in [0.1, 0.15) is 0 Å². The van der Waals surface area contributed by atoms with Crippen molar-refractivity contribution in [3.63, 3.8) is 0 Å². The highest BCUT2D eigenvalue weighted by atomic mass is 35.5. The fourth-order valence-electron chi connectivity index (χ4n) is 1.22. The van der Waals surface area contributed by atoms with Gasteiger partial charge in [0.25, 0.3) is 0 Å². The molecule has 0 aromatic heterocycles. The van der Waals surface area contributed by atoms with E-state index in [9.17, 15) is 19.2 Å². The Kier molecular flexibility index (Phi) is 2.02. The van der Waals surface area contributed by atoms with Crippen LogP contribution in [-0.4, -0.2) is 0 Å². The first-order chi connectivity index (χ1) is 6.95. The topological polar surface area (TPSA) is 81.4 Å². The van der Waals surface area contributed by atoms with Crippen molar-refractivity contribution >= 4 is 23.2 Å². The van der Waals surface area contributed by atoms with Crippen molar-refractivity contribution in [2.75, 3.05) is 0 Å². The van der Waals surface area contributed by atoms with E-state index in [4.69, 9.17) is 23.2 Å². The van der Waals surface area contributed by atoms with Crippen LogP contribution in [0.4, 0.5) is 0 Å². The number of hydrogen-bond acceptors (Lipinski definition) is 5. The minimum atomic E-state index is -1.17. The zero-order valence-electron chi connectivity index (χ0n) is 6.80. The maximum Gasteiger partial charge on any atom is 0.351 e. The summed E-state index contributed by atoms with van der Waals surface area (Å²) >= 11 is 10.8. The van der Waals surface area contributed by atoms with Gasteiger partial charge in [-0.05, 0) is 0 Å². The van der Waals surface area contributed by atoms with Gasteiger partial charge >= 0.3 is 11.3 Å². The molecular weight excluding hydrogens is 247 g/mol. The van der Waals surface area contributed by atoms with Crippen molar-refractivity contribution < 1.29 is 4.42 Å². The van der Waals surface area contributed by atoms with Crippen molar-refractivity contribution in [3.05, 3.63) is 61.8 Å². The fourth-order valence-corrected chi connectivity index (χ4v) is 1.58. The summed E-state index contributed by atoms with van der Waals surface area (Å²) in [5, 5.41) is -2.43. The van der Waals surface area contributed by atoms with Gasteiger partial charge < -0.3 is 4.42 Å². The normalized spacial score (nSPS) is 11.1. The Morgan fingerprint density at radius 2 is 1.07 bits per heavy atom. The van der Waals surface area contributed by atoms with Crippen molar-refractivity contribution in [1.29, 1.82) is 0 Å². The quantitative estimate of drug-likeness (QED) is 0.634. The molecule has 1 heterocycles. The second-order valence-electron chi connectivity index (χ2n) is 2.71. The predicted molar refractivity (Wildman–Crippen MR) is 51.5 cm³/mol. The Labute approximate surface area is 89.8 Å². The maximum absolute atomic E-state index is 11.4. The zero-order valence-corrected chi connectivity index (χ0v) is 8.31. The van der Waals surface area contributed by atoms with E-state index in [1.54, 1.807) is 0 Å². The molecule has 0 fully saturated rings. The summed E-state index contributed by atoms with van der Waals surface area (Å²) in [5.41, 5.74) is -4.27. The van der Waals surface area contributed by atoms with Crippen molar-refractivity contribution in [2.24, 2.45) is 0 Å². The minimum absolute atomic E-state index is 0.577. The van der Waals surface area contributed by atoms with Gasteiger partial charge in [-0.2, -0.15) is 0 Å².